The van der Waals surface area contributed by atoms with Crippen LogP contribution < -0.4 is 9.47 Å². The van der Waals surface area contributed by atoms with Gasteiger partial charge in [-0.1, -0.05) is 37.3 Å². The summed E-state index contributed by atoms with van der Waals surface area (Å²) in [5.41, 5.74) is 1.78. The number of aromatic nitrogens is 3. The van der Waals surface area contributed by atoms with Crippen LogP contribution in [-0.4, -0.2) is 61.6 Å². The number of ether oxygens (including phenoxy) is 2. The van der Waals surface area contributed by atoms with Crippen LogP contribution >= 0.6 is 34.2 Å². The van der Waals surface area contributed by atoms with Gasteiger partial charge < -0.3 is 24.8 Å². The molecule has 3 aromatic rings. The molecule has 3 rings (SSSR count). The minimum absolute atomic E-state index is 0.0278. The summed E-state index contributed by atoms with van der Waals surface area (Å²) < 4.78 is 27.7. The minimum Gasteiger partial charge on any atom is -0.491 e. The summed E-state index contributed by atoms with van der Waals surface area (Å²) in [6, 6.07) is 12.2. The molecule has 0 bridgehead atoms. The first-order valence-electron chi connectivity index (χ1n) is 11.0. The Morgan fingerprint density at radius 1 is 1.14 bits per heavy atom. The molecule has 0 aliphatic heterocycles. The van der Waals surface area contributed by atoms with Gasteiger partial charge in [0.15, 0.2) is 18.2 Å². The van der Waals surface area contributed by atoms with Gasteiger partial charge in [0.1, 0.15) is 22.2 Å². The summed E-state index contributed by atoms with van der Waals surface area (Å²) in [5.74, 6) is 0.314. The first-order chi connectivity index (χ1) is 16.6. The second-order valence-corrected chi connectivity index (χ2v) is 9.92. The zero-order valence-corrected chi connectivity index (χ0v) is 22.3. The molecule has 0 fully saturated rings. The van der Waals surface area contributed by atoms with Gasteiger partial charge >= 0.3 is 0 Å². The van der Waals surface area contributed by atoms with E-state index in [0.717, 1.165) is 11.1 Å². The van der Waals surface area contributed by atoms with Crippen LogP contribution in [0.25, 0.3) is 0 Å². The van der Waals surface area contributed by atoms with E-state index < -0.39 is 23.4 Å². The Hall–Kier alpha value is -1.99. The lowest BCUT2D eigenvalue weighted by Gasteiger charge is -2.27. The monoisotopic (exact) mass is 620 g/mol. The highest BCUT2D eigenvalue weighted by atomic mass is 127. The zero-order chi connectivity index (χ0) is 25.6. The first kappa shape index (κ1) is 27.6. The molecule has 35 heavy (non-hydrogen) atoms. The predicted molar refractivity (Wildman–Crippen MR) is 139 cm³/mol. The number of hydrogen-bond acceptors (Lipinski definition) is 6. The zero-order valence-electron chi connectivity index (χ0n) is 19.4. The maximum atomic E-state index is 14.6. The number of nitrogens with zero attached hydrogens (tertiary/aromatic N) is 3. The van der Waals surface area contributed by atoms with Crippen molar-refractivity contribution >= 4 is 34.2 Å². The molecule has 190 valence electrons. The number of benzene rings is 2. The molecule has 0 aliphatic rings. The van der Waals surface area contributed by atoms with Crippen LogP contribution in [0.3, 0.4) is 0 Å². The number of hydrogen-bond donors (Lipinski definition) is 2. The largest absolute Gasteiger partial charge is 0.491 e. The Morgan fingerprint density at radius 3 is 2.46 bits per heavy atom. The third-order valence-corrected chi connectivity index (χ3v) is 6.83. The third-order valence-electron chi connectivity index (χ3n) is 5.62. The second-order valence-electron chi connectivity index (χ2n) is 8.59. The van der Waals surface area contributed by atoms with Gasteiger partial charge in [0.05, 0.1) is 24.7 Å². The lowest BCUT2D eigenvalue weighted by molar-refractivity contribution is 0.0866. The average Bonchev–Trinajstić information content (AvgIpc) is 3.20. The fourth-order valence-electron chi connectivity index (χ4n) is 3.43. The molecule has 0 amide bonds. The summed E-state index contributed by atoms with van der Waals surface area (Å²) >= 11 is 7.58. The van der Waals surface area contributed by atoms with Crippen molar-refractivity contribution in [3.63, 3.8) is 0 Å². The molecule has 4 N–H and O–H groups in total. The van der Waals surface area contributed by atoms with E-state index in [-0.39, 0.29) is 38.0 Å². The number of alkyl halides is 1. The first-order valence-corrected chi connectivity index (χ1v) is 12.6. The third kappa shape index (κ3) is 7.04. The summed E-state index contributed by atoms with van der Waals surface area (Å²) in [7, 11) is 0. The molecule has 2 aromatic carbocycles. The molecular weight excluding hydrogens is 592 g/mol. The van der Waals surface area contributed by atoms with Crippen molar-refractivity contribution in [3.8, 4) is 11.5 Å². The van der Waals surface area contributed by atoms with Gasteiger partial charge in [0, 0.05) is 5.41 Å². The van der Waals surface area contributed by atoms with E-state index in [1.54, 1.807) is 18.2 Å². The van der Waals surface area contributed by atoms with Crippen LogP contribution in [0, 0.1) is 9.52 Å². The molecule has 0 spiro atoms. The number of aliphatic hydroxyl groups excluding tert-OH is 2. The van der Waals surface area contributed by atoms with E-state index in [1.807, 2.05) is 54.6 Å². The van der Waals surface area contributed by atoms with Gasteiger partial charge in [-0.15, -0.1) is 16.7 Å². The minimum atomic E-state index is -0.840. The molecule has 2 atom stereocenters. The highest BCUT2D eigenvalue weighted by Gasteiger charge is 2.25. The molecule has 1 heterocycles. The van der Waals surface area contributed by atoms with Crippen molar-refractivity contribution in [1.29, 1.82) is 0 Å². The van der Waals surface area contributed by atoms with Crippen LogP contribution in [-0.2, 0) is 18.6 Å². The highest BCUT2D eigenvalue weighted by Crippen LogP contribution is 2.34. The van der Waals surface area contributed by atoms with Gasteiger partial charge in [-0.2, -0.15) is 0 Å². The molecular formula is C24H29ClFIN3O5+. The van der Waals surface area contributed by atoms with Crippen LogP contribution in [0.4, 0.5) is 4.39 Å². The number of halogens is 3. The standard InChI is InChI=1S/C24H28ClFIN3O5/c1-24(2,16-5-8-22(20(26)9-16)35-13-17(32)10-25)15-3-6-19(7-4-15)34-14-18(33)11-30-21(12-31)23(27)28-29-30/h3-9,17-18,31-33H,10-14H2,1-2H3/p+1. The van der Waals surface area contributed by atoms with E-state index in [4.69, 9.17) is 26.2 Å². The Morgan fingerprint density at radius 2 is 1.83 bits per heavy atom. The maximum absolute atomic E-state index is 14.6. The topological polar surface area (TPSA) is 113 Å². The van der Waals surface area contributed by atoms with Gasteiger partial charge in [0.25, 0.3) is 0 Å². The molecule has 0 saturated carbocycles. The van der Waals surface area contributed by atoms with Crippen molar-refractivity contribution in [1.82, 2.24) is 15.0 Å². The van der Waals surface area contributed by atoms with Gasteiger partial charge in [-0.25, -0.2) is 9.07 Å². The molecule has 8 nitrogen and oxygen atoms in total. The van der Waals surface area contributed by atoms with E-state index in [9.17, 15) is 14.6 Å². The Balaban J connectivity index is 1.61. The summed E-state index contributed by atoms with van der Waals surface area (Å²) in [5, 5.41) is 35.1. The fourth-order valence-corrected chi connectivity index (χ4v) is 4.06. The molecule has 2 unspecified atom stereocenters. The molecule has 1 aromatic heterocycles. The molecule has 0 saturated heterocycles. The summed E-state index contributed by atoms with van der Waals surface area (Å²) in [6.45, 7) is 3.99. The number of rotatable bonds is 12. The highest BCUT2D eigenvalue weighted by molar-refractivity contribution is 14.1. The van der Waals surface area contributed by atoms with E-state index in [1.165, 1.54) is 10.7 Å². The maximum Gasteiger partial charge on any atom is 0.202 e. The fraction of sp³-hybridized carbons (Fsp3) is 0.417. The number of aliphatic hydroxyl groups is 2. The predicted octanol–water partition coefficient (Wildman–Crippen LogP) is 2.99. The van der Waals surface area contributed by atoms with E-state index >= 15 is 0 Å². The van der Waals surface area contributed by atoms with Gasteiger partial charge in [-0.05, 0) is 58.0 Å². The van der Waals surface area contributed by atoms with Crippen molar-refractivity contribution < 1.29 is 29.2 Å². The van der Waals surface area contributed by atoms with Crippen molar-refractivity contribution in [2.75, 3.05) is 19.1 Å². The molecule has 11 heteroatoms. The van der Waals surface area contributed by atoms with Crippen LogP contribution in [0.15, 0.2) is 42.5 Å². The van der Waals surface area contributed by atoms with E-state index in [2.05, 4.69) is 10.3 Å². The Labute approximate surface area is 221 Å². The van der Waals surface area contributed by atoms with Crippen LogP contribution in [0.2, 0.25) is 0 Å². The Bertz CT molecular complexity index is 1110. The van der Waals surface area contributed by atoms with Gasteiger partial charge in [-0.3, -0.25) is 0 Å². The van der Waals surface area contributed by atoms with Crippen LogP contribution in [0.1, 0.15) is 30.7 Å². The van der Waals surface area contributed by atoms with Crippen molar-refractivity contribution in [2.24, 2.45) is 0 Å². The molecule has 0 radical (unpaired) electrons. The Kier molecular flexibility index (Phi) is 9.70. The summed E-state index contributed by atoms with van der Waals surface area (Å²) in [6.07, 6.45) is -1.45. The smallest absolute Gasteiger partial charge is 0.202 e. The quantitative estimate of drug-likeness (QED) is 0.183. The second kappa shape index (κ2) is 12.3. The average molecular weight is 621 g/mol. The lowest BCUT2D eigenvalue weighted by atomic mass is 9.78. The van der Waals surface area contributed by atoms with Crippen LogP contribution in [0.5, 0.6) is 11.5 Å². The SMILES string of the molecule is CC(C)(c1ccc(OCC(O)Cn2nnc(I)c2CO)cc1)c1ccc(OCC([OH2+])CCl)c(F)c1. The van der Waals surface area contributed by atoms with E-state index in [0.29, 0.717) is 15.1 Å². The summed E-state index contributed by atoms with van der Waals surface area (Å²) in [4.78, 5) is 0. The molecule has 0 aliphatic carbocycles. The normalized spacial score (nSPS) is 13.5. The van der Waals surface area contributed by atoms with Crippen molar-refractivity contribution in [3.05, 3.63) is 68.8 Å². The van der Waals surface area contributed by atoms with Gasteiger partial charge in [0.2, 0.25) is 6.10 Å². The van der Waals surface area contributed by atoms with Crippen molar-refractivity contribution in [2.45, 2.75) is 44.6 Å². The lowest BCUT2D eigenvalue weighted by Crippen LogP contribution is -2.25.